The van der Waals surface area contributed by atoms with Gasteiger partial charge in [0.2, 0.25) is 5.91 Å². The number of pyridine rings is 1. The molecule has 242 valence electrons. The summed E-state index contributed by atoms with van der Waals surface area (Å²) in [5, 5.41) is 3.48. The van der Waals surface area contributed by atoms with Gasteiger partial charge in [-0.25, -0.2) is 9.78 Å². The minimum absolute atomic E-state index is 0.0380. The number of hydrogen-bond donors (Lipinski definition) is 2. The predicted molar refractivity (Wildman–Crippen MR) is 181 cm³/mol. The number of H-pyrrole nitrogens is 1. The molecule has 0 spiro atoms. The van der Waals surface area contributed by atoms with Gasteiger partial charge in [0.1, 0.15) is 16.8 Å². The van der Waals surface area contributed by atoms with Crippen LogP contribution in [-0.2, 0) is 16.0 Å². The number of carbonyl (C=O) groups excluding carboxylic acids is 3. The van der Waals surface area contributed by atoms with E-state index >= 15 is 0 Å². The number of aromatic nitrogens is 3. The number of imidazole rings is 1. The van der Waals surface area contributed by atoms with Crippen molar-refractivity contribution in [3.63, 3.8) is 0 Å². The van der Waals surface area contributed by atoms with E-state index in [0.29, 0.717) is 47.6 Å². The number of aromatic amines is 1. The number of carbonyl (C=O) groups is 3. The first kappa shape index (κ1) is 31.7. The van der Waals surface area contributed by atoms with Crippen LogP contribution in [0.4, 0.5) is 4.79 Å². The Morgan fingerprint density at radius 1 is 1.00 bits per heavy atom. The number of nitrogens with one attached hydrogen (secondary N) is 2. The van der Waals surface area contributed by atoms with E-state index < -0.39 is 11.5 Å². The second kappa shape index (κ2) is 13.6. The number of nitrogens with zero attached hydrogens (tertiary/aromatic N) is 4. The highest BCUT2D eigenvalue weighted by atomic mass is 16.6. The van der Waals surface area contributed by atoms with Crippen LogP contribution in [0.25, 0.3) is 33.3 Å². The molecule has 1 saturated heterocycles. The van der Waals surface area contributed by atoms with E-state index in [1.807, 2.05) is 87.5 Å². The Bertz CT molecular complexity index is 1900. The molecule has 10 nitrogen and oxygen atoms in total. The second-order valence-corrected chi connectivity index (χ2v) is 13.1. The van der Waals surface area contributed by atoms with Crippen molar-refractivity contribution in [3.8, 4) is 11.5 Å². The van der Waals surface area contributed by atoms with Crippen molar-refractivity contribution in [2.75, 3.05) is 19.6 Å². The van der Waals surface area contributed by atoms with E-state index in [4.69, 9.17) is 9.72 Å². The third-order valence-corrected chi connectivity index (χ3v) is 8.25. The van der Waals surface area contributed by atoms with Crippen LogP contribution >= 0.6 is 0 Å². The molecule has 1 aliphatic heterocycles. The number of hydrazine groups is 1. The maximum Gasteiger partial charge on any atom is 0.410 e. The molecule has 0 saturated carbocycles. The molecule has 1 atom stereocenters. The SMILES string of the molecule is CC(C)(C)OC(=O)N1CCCC(CN(NC(=O)c2cccc3[nH]c(-c4cc5ccccc5cn4)nc23)C(=O)CCc2ccccc2)C1. The fraction of sp³-hybridized carbons (Fsp3) is 0.324. The third-order valence-electron chi connectivity index (χ3n) is 8.25. The number of likely N-dealkylation sites (tertiary alicyclic amines) is 1. The van der Waals surface area contributed by atoms with Crippen LogP contribution in [0.15, 0.2) is 85.1 Å². The van der Waals surface area contributed by atoms with E-state index in [2.05, 4.69) is 15.4 Å². The summed E-state index contributed by atoms with van der Waals surface area (Å²) >= 11 is 0. The zero-order valence-corrected chi connectivity index (χ0v) is 27.0. The van der Waals surface area contributed by atoms with Crippen LogP contribution in [-0.4, -0.2) is 68.0 Å². The van der Waals surface area contributed by atoms with Crippen molar-refractivity contribution in [1.29, 1.82) is 0 Å². The summed E-state index contributed by atoms with van der Waals surface area (Å²) in [6, 6.07) is 25.1. The number of rotatable bonds is 7. The first-order chi connectivity index (χ1) is 22.6. The van der Waals surface area contributed by atoms with Gasteiger partial charge in [-0.3, -0.25) is 25.0 Å². The number of fused-ring (bicyclic) bond motifs is 2. The minimum Gasteiger partial charge on any atom is -0.444 e. The zero-order valence-electron chi connectivity index (χ0n) is 27.0. The highest BCUT2D eigenvalue weighted by molar-refractivity contribution is 6.06. The molecule has 0 radical (unpaired) electrons. The number of amides is 3. The Labute approximate surface area is 274 Å². The molecule has 3 aromatic carbocycles. The highest BCUT2D eigenvalue weighted by Crippen LogP contribution is 2.25. The molecule has 1 fully saturated rings. The van der Waals surface area contributed by atoms with E-state index in [1.165, 1.54) is 5.01 Å². The predicted octanol–water partition coefficient (Wildman–Crippen LogP) is 6.53. The molecule has 6 rings (SSSR count). The van der Waals surface area contributed by atoms with Gasteiger partial charge in [0, 0.05) is 37.6 Å². The van der Waals surface area contributed by atoms with Gasteiger partial charge in [0.15, 0.2) is 5.82 Å². The maximum atomic E-state index is 13.9. The summed E-state index contributed by atoms with van der Waals surface area (Å²) in [5.41, 5.74) is 5.51. The number of ether oxygens (including phenoxy) is 1. The Balaban J connectivity index is 1.23. The fourth-order valence-corrected chi connectivity index (χ4v) is 5.94. The summed E-state index contributed by atoms with van der Waals surface area (Å²) in [7, 11) is 0. The van der Waals surface area contributed by atoms with Crippen molar-refractivity contribution in [2.45, 2.75) is 52.1 Å². The molecule has 1 aliphatic rings. The Morgan fingerprint density at radius 3 is 2.55 bits per heavy atom. The van der Waals surface area contributed by atoms with Crippen molar-refractivity contribution in [2.24, 2.45) is 5.92 Å². The number of para-hydroxylation sites is 1. The molecule has 0 aliphatic carbocycles. The summed E-state index contributed by atoms with van der Waals surface area (Å²) in [6.45, 7) is 6.82. The Kier molecular flexibility index (Phi) is 9.19. The van der Waals surface area contributed by atoms with Gasteiger partial charge in [-0.2, -0.15) is 0 Å². The second-order valence-electron chi connectivity index (χ2n) is 13.1. The molecule has 1 unspecified atom stereocenters. The number of aryl methyl sites for hydroxylation is 1. The Hall–Kier alpha value is -5.25. The molecule has 2 N–H and O–H groups in total. The first-order valence-corrected chi connectivity index (χ1v) is 16.1. The van der Waals surface area contributed by atoms with Crippen LogP contribution in [0.5, 0.6) is 0 Å². The summed E-state index contributed by atoms with van der Waals surface area (Å²) in [6.07, 6.45) is 3.79. The molecule has 2 aromatic heterocycles. The average molecular weight is 633 g/mol. The first-order valence-electron chi connectivity index (χ1n) is 16.1. The van der Waals surface area contributed by atoms with Crippen molar-refractivity contribution < 1.29 is 19.1 Å². The lowest BCUT2D eigenvalue weighted by Gasteiger charge is -2.36. The Morgan fingerprint density at radius 2 is 1.77 bits per heavy atom. The van der Waals surface area contributed by atoms with Crippen LogP contribution in [0, 0.1) is 5.92 Å². The van der Waals surface area contributed by atoms with Crippen LogP contribution in [0.2, 0.25) is 0 Å². The average Bonchev–Trinajstić information content (AvgIpc) is 3.51. The molecule has 47 heavy (non-hydrogen) atoms. The lowest BCUT2D eigenvalue weighted by atomic mass is 9.98. The maximum absolute atomic E-state index is 13.9. The number of benzene rings is 3. The summed E-state index contributed by atoms with van der Waals surface area (Å²) < 4.78 is 5.61. The minimum atomic E-state index is -0.602. The quantitative estimate of drug-likeness (QED) is 0.197. The summed E-state index contributed by atoms with van der Waals surface area (Å²) in [5.74, 6) is -0.130. The normalized spacial score (nSPS) is 15.0. The highest BCUT2D eigenvalue weighted by Gasteiger charge is 2.30. The molecular formula is C37H40N6O4. The lowest BCUT2D eigenvalue weighted by molar-refractivity contribution is -0.134. The summed E-state index contributed by atoms with van der Waals surface area (Å²) in [4.78, 5) is 54.8. The molecule has 0 bridgehead atoms. The van der Waals surface area contributed by atoms with Crippen LogP contribution in [0.3, 0.4) is 0 Å². The van der Waals surface area contributed by atoms with Crippen molar-refractivity contribution in [3.05, 3.63) is 96.2 Å². The van der Waals surface area contributed by atoms with Crippen molar-refractivity contribution >= 4 is 39.7 Å². The molecule has 3 heterocycles. The standard InChI is InChI=1S/C37H40N6O4/c1-37(2,3)47-36(46)42-20-10-13-26(23-42)24-43(32(44)19-18-25-11-5-4-6-12-25)41-35(45)29-16-9-17-30-33(29)40-34(39-30)31-21-27-14-7-8-15-28(27)22-38-31/h4-9,11-12,14-17,21-22,26H,10,13,18-20,23-24H2,1-3H3,(H,39,40)(H,41,45). The van der Waals surface area contributed by atoms with Gasteiger partial charge in [-0.15, -0.1) is 0 Å². The third kappa shape index (κ3) is 7.77. The molecule has 3 amide bonds. The smallest absolute Gasteiger partial charge is 0.410 e. The van der Waals surface area contributed by atoms with Crippen molar-refractivity contribution in [1.82, 2.24) is 30.3 Å². The largest absolute Gasteiger partial charge is 0.444 e. The van der Waals surface area contributed by atoms with Gasteiger partial charge < -0.3 is 14.6 Å². The molecule has 5 aromatic rings. The topological polar surface area (TPSA) is 121 Å². The van der Waals surface area contributed by atoms with Crippen LogP contribution < -0.4 is 5.43 Å². The van der Waals surface area contributed by atoms with Gasteiger partial charge in [0.05, 0.1) is 11.1 Å². The zero-order chi connectivity index (χ0) is 33.0. The number of hydrogen-bond acceptors (Lipinski definition) is 6. The van der Waals surface area contributed by atoms with Gasteiger partial charge in [0.25, 0.3) is 5.91 Å². The van der Waals surface area contributed by atoms with E-state index in [1.54, 1.807) is 23.2 Å². The van der Waals surface area contributed by atoms with Gasteiger partial charge in [-0.05, 0) is 75.1 Å². The lowest BCUT2D eigenvalue weighted by Crippen LogP contribution is -2.51. The molecular weight excluding hydrogens is 592 g/mol. The van der Waals surface area contributed by atoms with E-state index in [0.717, 1.165) is 29.2 Å². The van der Waals surface area contributed by atoms with E-state index in [-0.39, 0.29) is 30.9 Å². The van der Waals surface area contributed by atoms with Gasteiger partial charge in [-0.1, -0.05) is 60.7 Å². The fourth-order valence-electron chi connectivity index (χ4n) is 5.94. The number of piperidine rings is 1. The molecule has 10 heteroatoms. The van der Waals surface area contributed by atoms with Gasteiger partial charge >= 0.3 is 6.09 Å². The monoisotopic (exact) mass is 632 g/mol. The van der Waals surface area contributed by atoms with E-state index in [9.17, 15) is 14.4 Å². The van der Waals surface area contributed by atoms with Crippen LogP contribution in [0.1, 0.15) is 56.0 Å².